The highest BCUT2D eigenvalue weighted by Crippen LogP contribution is 2.33. The molecule has 2 aromatic carbocycles. The molecule has 3 aromatic rings. The second kappa shape index (κ2) is 8.85. The van der Waals surface area contributed by atoms with E-state index in [1.807, 2.05) is 18.2 Å². The zero-order valence-corrected chi connectivity index (χ0v) is 17.2. The third kappa shape index (κ3) is 4.17. The highest BCUT2D eigenvalue weighted by atomic mass is 35.5. The highest BCUT2D eigenvalue weighted by molar-refractivity contribution is 6.31. The van der Waals surface area contributed by atoms with Crippen molar-refractivity contribution < 1.29 is 18.7 Å². The fourth-order valence-electron chi connectivity index (χ4n) is 3.42. The predicted molar refractivity (Wildman–Crippen MR) is 115 cm³/mol. The van der Waals surface area contributed by atoms with Gasteiger partial charge < -0.3 is 19.7 Å². The Balaban J connectivity index is 1.83. The molecule has 0 saturated carbocycles. The van der Waals surface area contributed by atoms with Gasteiger partial charge in [0.1, 0.15) is 11.4 Å². The third-order valence-corrected chi connectivity index (χ3v) is 5.20. The molecule has 0 bridgehead atoms. The Labute approximate surface area is 178 Å². The zero-order chi connectivity index (χ0) is 21.1. The van der Waals surface area contributed by atoms with E-state index in [0.717, 1.165) is 29.7 Å². The van der Waals surface area contributed by atoms with Crippen LogP contribution in [0.2, 0.25) is 5.02 Å². The van der Waals surface area contributed by atoms with E-state index in [0.29, 0.717) is 30.2 Å². The van der Waals surface area contributed by atoms with Crippen LogP contribution in [0.3, 0.4) is 0 Å². The molecule has 1 fully saturated rings. The lowest BCUT2D eigenvalue weighted by molar-refractivity contribution is 0.0527. The first-order valence-electron chi connectivity index (χ1n) is 9.71. The highest BCUT2D eigenvalue weighted by Gasteiger charge is 2.19. The number of fused-ring (bicyclic) bond motifs is 1. The molecule has 8 heteroatoms. The van der Waals surface area contributed by atoms with Crippen LogP contribution in [-0.4, -0.2) is 43.9 Å². The summed E-state index contributed by atoms with van der Waals surface area (Å²) in [7, 11) is 0. The van der Waals surface area contributed by atoms with Crippen molar-refractivity contribution in [3.8, 4) is 0 Å². The number of benzene rings is 2. The van der Waals surface area contributed by atoms with Gasteiger partial charge in [-0.25, -0.2) is 9.18 Å². The Kier molecular flexibility index (Phi) is 6.01. The number of carbonyl (C=O) groups excluding carboxylic acids is 1. The average molecular weight is 430 g/mol. The van der Waals surface area contributed by atoms with E-state index in [1.165, 1.54) is 18.3 Å². The van der Waals surface area contributed by atoms with Crippen LogP contribution < -0.4 is 10.2 Å². The number of ether oxygens (including phenoxy) is 2. The maximum atomic E-state index is 13.6. The molecule has 156 valence electrons. The lowest BCUT2D eigenvalue weighted by atomic mass is 10.1. The second-order valence-electron chi connectivity index (χ2n) is 6.82. The number of pyridine rings is 1. The summed E-state index contributed by atoms with van der Waals surface area (Å²) in [4.78, 5) is 19.2. The number of carbonyl (C=O) groups is 1. The van der Waals surface area contributed by atoms with Crippen LogP contribution in [0.4, 0.5) is 21.5 Å². The van der Waals surface area contributed by atoms with Gasteiger partial charge in [-0.2, -0.15) is 0 Å². The molecular formula is C22H21ClFN3O3. The Morgan fingerprint density at radius 2 is 2.07 bits per heavy atom. The number of hydrogen-bond donors (Lipinski definition) is 1. The van der Waals surface area contributed by atoms with Gasteiger partial charge in [-0.1, -0.05) is 11.6 Å². The first kappa shape index (κ1) is 20.4. The number of halogens is 2. The molecule has 30 heavy (non-hydrogen) atoms. The van der Waals surface area contributed by atoms with E-state index in [9.17, 15) is 9.18 Å². The number of anilines is 3. The molecule has 4 rings (SSSR count). The summed E-state index contributed by atoms with van der Waals surface area (Å²) in [6, 6.07) is 10.2. The second-order valence-corrected chi connectivity index (χ2v) is 7.23. The van der Waals surface area contributed by atoms with Crippen molar-refractivity contribution in [1.82, 2.24) is 4.98 Å². The molecule has 6 nitrogen and oxygen atoms in total. The summed E-state index contributed by atoms with van der Waals surface area (Å²) < 4.78 is 24.2. The van der Waals surface area contributed by atoms with E-state index in [-0.39, 0.29) is 11.6 Å². The van der Waals surface area contributed by atoms with Gasteiger partial charge in [0.2, 0.25) is 0 Å². The van der Waals surface area contributed by atoms with E-state index >= 15 is 0 Å². The molecule has 0 amide bonds. The Morgan fingerprint density at radius 3 is 2.80 bits per heavy atom. The van der Waals surface area contributed by atoms with Crippen molar-refractivity contribution in [2.45, 2.75) is 6.92 Å². The molecule has 0 radical (unpaired) electrons. The van der Waals surface area contributed by atoms with Gasteiger partial charge in [0.05, 0.1) is 36.0 Å². The minimum absolute atomic E-state index is 0.00921. The molecule has 0 spiro atoms. The minimum Gasteiger partial charge on any atom is -0.462 e. The fourth-order valence-corrected chi connectivity index (χ4v) is 3.60. The number of hydrogen-bond acceptors (Lipinski definition) is 6. The maximum absolute atomic E-state index is 13.6. The topological polar surface area (TPSA) is 63.7 Å². The van der Waals surface area contributed by atoms with Gasteiger partial charge in [0.25, 0.3) is 0 Å². The maximum Gasteiger partial charge on any atom is 0.341 e. The smallest absolute Gasteiger partial charge is 0.341 e. The average Bonchev–Trinajstić information content (AvgIpc) is 2.77. The van der Waals surface area contributed by atoms with Crippen LogP contribution >= 0.6 is 11.6 Å². The summed E-state index contributed by atoms with van der Waals surface area (Å²) >= 11 is 5.94. The Bertz CT molecular complexity index is 1090. The van der Waals surface area contributed by atoms with Crippen molar-refractivity contribution in [3.05, 3.63) is 59.0 Å². The molecular weight excluding hydrogens is 409 g/mol. The molecule has 2 heterocycles. The number of nitrogens with one attached hydrogen (secondary N) is 1. The number of rotatable bonds is 5. The van der Waals surface area contributed by atoms with Gasteiger partial charge in [0, 0.05) is 36.0 Å². The first-order chi connectivity index (χ1) is 14.6. The van der Waals surface area contributed by atoms with Gasteiger partial charge in [0.15, 0.2) is 0 Å². The van der Waals surface area contributed by atoms with Gasteiger partial charge >= 0.3 is 5.97 Å². The number of nitrogens with zero attached hydrogens (tertiary/aromatic N) is 2. The Hall–Kier alpha value is -2.90. The third-order valence-electron chi connectivity index (χ3n) is 4.91. The largest absolute Gasteiger partial charge is 0.462 e. The van der Waals surface area contributed by atoms with Crippen LogP contribution in [0, 0.1) is 5.82 Å². The summed E-state index contributed by atoms with van der Waals surface area (Å²) in [5, 5.41) is 3.96. The molecule has 1 saturated heterocycles. The lowest BCUT2D eigenvalue weighted by Gasteiger charge is -2.29. The van der Waals surface area contributed by atoms with E-state index < -0.39 is 11.8 Å². The molecule has 0 atom stereocenters. The van der Waals surface area contributed by atoms with Gasteiger partial charge in [-0.3, -0.25) is 4.98 Å². The van der Waals surface area contributed by atoms with E-state index in [1.54, 1.807) is 13.0 Å². The zero-order valence-electron chi connectivity index (χ0n) is 16.5. The van der Waals surface area contributed by atoms with Crippen LogP contribution in [0.1, 0.15) is 17.3 Å². The molecule has 0 aliphatic carbocycles. The van der Waals surface area contributed by atoms with Crippen LogP contribution in [-0.2, 0) is 9.47 Å². The fraction of sp³-hybridized carbons (Fsp3) is 0.273. The number of morpholine rings is 1. The van der Waals surface area contributed by atoms with E-state index in [2.05, 4.69) is 15.2 Å². The monoisotopic (exact) mass is 429 g/mol. The van der Waals surface area contributed by atoms with Gasteiger partial charge in [-0.05, 0) is 43.3 Å². The van der Waals surface area contributed by atoms with Crippen molar-refractivity contribution in [1.29, 1.82) is 0 Å². The first-order valence-corrected chi connectivity index (χ1v) is 10.1. The number of aromatic nitrogens is 1. The molecule has 1 N–H and O–H groups in total. The summed E-state index contributed by atoms with van der Waals surface area (Å²) in [6.45, 7) is 4.89. The SMILES string of the molecule is CCOC(=O)c1cnc2ccc(N3CCOCC3)cc2c1Nc1ccc(F)c(Cl)c1. The van der Waals surface area contributed by atoms with Crippen molar-refractivity contribution in [2.75, 3.05) is 43.1 Å². The van der Waals surface area contributed by atoms with Crippen LogP contribution in [0.15, 0.2) is 42.6 Å². The lowest BCUT2D eigenvalue weighted by Crippen LogP contribution is -2.36. The minimum atomic E-state index is -0.512. The van der Waals surface area contributed by atoms with Crippen molar-refractivity contribution in [2.24, 2.45) is 0 Å². The normalized spacial score (nSPS) is 14.0. The molecule has 0 unspecified atom stereocenters. The summed E-state index contributed by atoms with van der Waals surface area (Å²) in [5.74, 6) is -0.999. The van der Waals surface area contributed by atoms with Crippen molar-refractivity contribution >= 4 is 45.5 Å². The van der Waals surface area contributed by atoms with E-state index in [4.69, 9.17) is 21.1 Å². The predicted octanol–water partition coefficient (Wildman–Crippen LogP) is 4.78. The van der Waals surface area contributed by atoms with Crippen molar-refractivity contribution in [3.63, 3.8) is 0 Å². The number of esters is 1. The standard InChI is InChI=1S/C22H21ClFN3O3/c1-2-30-22(28)17-13-25-20-6-4-15(27-7-9-29-10-8-27)12-16(20)21(17)26-14-3-5-19(24)18(23)11-14/h3-6,11-13H,2,7-10H2,1H3,(H,25,26). The molecule has 1 aliphatic rings. The quantitative estimate of drug-likeness (QED) is 0.588. The summed E-state index contributed by atoms with van der Waals surface area (Å²) in [5.41, 5.74) is 3.11. The van der Waals surface area contributed by atoms with Gasteiger partial charge in [-0.15, -0.1) is 0 Å². The summed E-state index contributed by atoms with van der Waals surface area (Å²) in [6.07, 6.45) is 1.49. The van der Waals surface area contributed by atoms with Crippen LogP contribution in [0.25, 0.3) is 10.9 Å². The molecule has 1 aliphatic heterocycles. The Morgan fingerprint density at radius 1 is 1.27 bits per heavy atom. The molecule has 1 aromatic heterocycles. The van der Waals surface area contributed by atoms with Crippen LogP contribution in [0.5, 0.6) is 0 Å².